The second-order valence-corrected chi connectivity index (χ2v) is 6.26. The predicted octanol–water partition coefficient (Wildman–Crippen LogP) is 3.36. The lowest BCUT2D eigenvalue weighted by atomic mass is 10.2. The molecule has 0 saturated carbocycles. The van der Waals surface area contributed by atoms with Crippen LogP contribution in [0.2, 0.25) is 0 Å². The Labute approximate surface area is 159 Å². The molecule has 0 bridgehead atoms. The Morgan fingerprint density at radius 1 is 0.963 bits per heavy atom. The first-order chi connectivity index (χ1) is 13.0. The maximum Gasteiger partial charge on any atom is 0.269 e. The molecule has 0 fully saturated rings. The molecule has 0 unspecified atom stereocenters. The highest BCUT2D eigenvalue weighted by Gasteiger charge is 2.10. The topological polar surface area (TPSA) is 76.7 Å². The van der Waals surface area contributed by atoms with Gasteiger partial charge in [0.25, 0.3) is 11.8 Å². The summed E-state index contributed by atoms with van der Waals surface area (Å²) < 4.78 is 11.0. The van der Waals surface area contributed by atoms with Gasteiger partial charge in [0.15, 0.2) is 0 Å². The summed E-state index contributed by atoms with van der Waals surface area (Å²) in [5.74, 6) is 0.775. The molecule has 0 saturated heterocycles. The normalized spacial score (nSPS) is 10.2. The van der Waals surface area contributed by atoms with Crippen molar-refractivity contribution in [2.45, 2.75) is 13.8 Å². The van der Waals surface area contributed by atoms with Gasteiger partial charge in [-0.25, -0.2) is 0 Å². The molecule has 6 nitrogen and oxygen atoms in total. The van der Waals surface area contributed by atoms with E-state index in [1.165, 1.54) is 0 Å². The van der Waals surface area contributed by atoms with Crippen molar-refractivity contribution in [2.75, 3.05) is 13.2 Å². The van der Waals surface area contributed by atoms with Gasteiger partial charge in [-0.3, -0.25) is 20.4 Å². The van der Waals surface area contributed by atoms with Crippen molar-refractivity contribution in [1.82, 2.24) is 10.9 Å². The maximum absolute atomic E-state index is 12.2. The quantitative estimate of drug-likeness (QED) is 0.553. The van der Waals surface area contributed by atoms with Crippen molar-refractivity contribution < 1.29 is 19.1 Å². The molecule has 6 heteroatoms. The van der Waals surface area contributed by atoms with Crippen molar-refractivity contribution in [2.24, 2.45) is 5.92 Å². The molecule has 0 aromatic heterocycles. The zero-order valence-corrected chi connectivity index (χ0v) is 15.5. The standard InChI is InChI=1S/C21H24N2O4/c1-4-12-26-18-10-8-16(9-11-18)20(24)22-23-21(25)17-6-5-7-19(13-17)27-14-15(2)3/h4-11,13,15H,1,12,14H2,2-3H3,(H,22,24)(H,23,25). The number of hydrazine groups is 1. The molecule has 2 N–H and O–H groups in total. The summed E-state index contributed by atoms with van der Waals surface area (Å²) in [7, 11) is 0. The number of amides is 2. The van der Waals surface area contributed by atoms with Crippen LogP contribution in [0.3, 0.4) is 0 Å². The summed E-state index contributed by atoms with van der Waals surface area (Å²) >= 11 is 0. The van der Waals surface area contributed by atoms with Crippen molar-refractivity contribution >= 4 is 11.8 Å². The molecule has 2 aromatic rings. The van der Waals surface area contributed by atoms with E-state index in [1.807, 2.05) is 13.8 Å². The molecule has 0 spiro atoms. The van der Waals surface area contributed by atoms with Gasteiger partial charge in [0.05, 0.1) is 6.61 Å². The second-order valence-electron chi connectivity index (χ2n) is 6.26. The summed E-state index contributed by atoms with van der Waals surface area (Å²) in [5, 5.41) is 0. The molecule has 0 aliphatic rings. The van der Waals surface area contributed by atoms with E-state index in [9.17, 15) is 9.59 Å². The summed E-state index contributed by atoms with van der Waals surface area (Å²) in [6.07, 6.45) is 1.64. The minimum atomic E-state index is -0.427. The Morgan fingerprint density at radius 2 is 1.63 bits per heavy atom. The summed E-state index contributed by atoms with van der Waals surface area (Å²) in [4.78, 5) is 24.4. The van der Waals surface area contributed by atoms with Gasteiger partial charge in [-0.1, -0.05) is 32.6 Å². The van der Waals surface area contributed by atoms with Crippen LogP contribution < -0.4 is 20.3 Å². The van der Waals surface area contributed by atoms with Gasteiger partial charge in [-0.2, -0.15) is 0 Å². The van der Waals surface area contributed by atoms with Gasteiger partial charge < -0.3 is 9.47 Å². The van der Waals surface area contributed by atoms with Crippen LogP contribution >= 0.6 is 0 Å². The molecule has 27 heavy (non-hydrogen) atoms. The molecule has 2 amide bonds. The van der Waals surface area contributed by atoms with E-state index in [2.05, 4.69) is 17.4 Å². The largest absolute Gasteiger partial charge is 0.493 e. The van der Waals surface area contributed by atoms with Crippen LogP contribution in [-0.2, 0) is 0 Å². The lowest BCUT2D eigenvalue weighted by Crippen LogP contribution is -2.41. The molecule has 0 aliphatic carbocycles. The monoisotopic (exact) mass is 368 g/mol. The second kappa shape index (κ2) is 10.0. The molecule has 0 atom stereocenters. The summed E-state index contributed by atoms with van der Waals surface area (Å²) in [6.45, 7) is 8.62. The van der Waals surface area contributed by atoms with E-state index < -0.39 is 11.8 Å². The van der Waals surface area contributed by atoms with Crippen molar-refractivity contribution in [3.05, 3.63) is 72.3 Å². The third-order valence-electron chi connectivity index (χ3n) is 3.45. The van der Waals surface area contributed by atoms with Crippen LogP contribution in [0, 0.1) is 5.92 Å². The zero-order chi connectivity index (χ0) is 19.6. The average Bonchev–Trinajstić information content (AvgIpc) is 2.69. The van der Waals surface area contributed by atoms with Gasteiger partial charge in [-0.15, -0.1) is 0 Å². The minimum absolute atomic E-state index is 0.385. The van der Waals surface area contributed by atoms with Gasteiger partial charge in [0.1, 0.15) is 18.1 Å². The zero-order valence-electron chi connectivity index (χ0n) is 15.5. The highest BCUT2D eigenvalue weighted by molar-refractivity contribution is 5.99. The number of ether oxygens (including phenoxy) is 2. The van der Waals surface area contributed by atoms with E-state index in [0.717, 1.165) is 0 Å². The number of benzene rings is 2. The lowest BCUT2D eigenvalue weighted by molar-refractivity contribution is 0.0846. The van der Waals surface area contributed by atoms with Crippen LogP contribution in [0.4, 0.5) is 0 Å². The number of hydrogen-bond acceptors (Lipinski definition) is 4. The maximum atomic E-state index is 12.2. The van der Waals surface area contributed by atoms with E-state index in [4.69, 9.17) is 9.47 Å². The van der Waals surface area contributed by atoms with Crippen LogP contribution in [-0.4, -0.2) is 25.0 Å². The molecule has 142 valence electrons. The number of hydrogen-bond donors (Lipinski definition) is 2. The highest BCUT2D eigenvalue weighted by atomic mass is 16.5. The smallest absolute Gasteiger partial charge is 0.269 e. The SMILES string of the molecule is C=CCOc1ccc(C(=O)NNC(=O)c2cccc(OCC(C)C)c2)cc1. The number of rotatable bonds is 8. The molecule has 2 aromatic carbocycles. The summed E-state index contributed by atoms with van der Waals surface area (Å²) in [5.41, 5.74) is 5.58. The molecular weight excluding hydrogens is 344 g/mol. The first kappa shape index (κ1) is 20.0. The molecule has 0 aliphatic heterocycles. The number of carbonyl (C=O) groups excluding carboxylic acids is 2. The lowest BCUT2D eigenvalue weighted by Gasteiger charge is -2.11. The fourth-order valence-electron chi connectivity index (χ4n) is 2.11. The first-order valence-corrected chi connectivity index (χ1v) is 8.67. The van der Waals surface area contributed by atoms with E-state index >= 15 is 0 Å². The van der Waals surface area contributed by atoms with Crippen LogP contribution in [0.25, 0.3) is 0 Å². The number of nitrogens with one attached hydrogen (secondary N) is 2. The Morgan fingerprint density at radius 3 is 2.26 bits per heavy atom. The fraction of sp³-hybridized carbons (Fsp3) is 0.238. The fourth-order valence-corrected chi connectivity index (χ4v) is 2.11. The third kappa shape index (κ3) is 6.51. The van der Waals surface area contributed by atoms with Crippen molar-refractivity contribution in [1.29, 1.82) is 0 Å². The van der Waals surface area contributed by atoms with E-state index in [0.29, 0.717) is 41.8 Å². The van der Waals surface area contributed by atoms with Crippen molar-refractivity contribution in [3.63, 3.8) is 0 Å². The summed E-state index contributed by atoms with van der Waals surface area (Å²) in [6, 6.07) is 13.4. The molecular formula is C21H24N2O4. The minimum Gasteiger partial charge on any atom is -0.493 e. The molecule has 2 rings (SSSR count). The van der Waals surface area contributed by atoms with Crippen LogP contribution in [0.1, 0.15) is 34.6 Å². The van der Waals surface area contributed by atoms with Gasteiger partial charge in [0, 0.05) is 11.1 Å². The van der Waals surface area contributed by atoms with E-state index in [-0.39, 0.29) is 0 Å². The molecule has 0 heterocycles. The Kier molecular flexibility index (Phi) is 7.43. The van der Waals surface area contributed by atoms with Crippen LogP contribution in [0.5, 0.6) is 11.5 Å². The Bertz CT molecular complexity index is 785. The molecule has 0 radical (unpaired) electrons. The third-order valence-corrected chi connectivity index (χ3v) is 3.45. The van der Waals surface area contributed by atoms with Crippen molar-refractivity contribution in [3.8, 4) is 11.5 Å². The first-order valence-electron chi connectivity index (χ1n) is 8.67. The van der Waals surface area contributed by atoms with Gasteiger partial charge >= 0.3 is 0 Å². The Hall–Kier alpha value is -3.28. The van der Waals surface area contributed by atoms with E-state index in [1.54, 1.807) is 54.6 Å². The van der Waals surface area contributed by atoms with Gasteiger partial charge in [0.2, 0.25) is 0 Å². The highest BCUT2D eigenvalue weighted by Crippen LogP contribution is 2.14. The number of carbonyl (C=O) groups is 2. The van der Waals surface area contributed by atoms with Crippen LogP contribution in [0.15, 0.2) is 61.2 Å². The predicted molar refractivity (Wildman–Crippen MR) is 104 cm³/mol. The Balaban J connectivity index is 1.90. The van der Waals surface area contributed by atoms with Gasteiger partial charge in [-0.05, 0) is 48.4 Å². The average molecular weight is 368 g/mol.